The Morgan fingerprint density at radius 3 is 3.06 bits per heavy atom. The minimum Gasteiger partial charge on any atom is -0.495 e. The number of methoxy groups -OCH3 is 1. The van der Waals surface area contributed by atoms with Crippen molar-refractivity contribution < 1.29 is 4.74 Å². The van der Waals surface area contributed by atoms with Crippen molar-refractivity contribution in [1.82, 2.24) is 9.97 Å². The summed E-state index contributed by atoms with van der Waals surface area (Å²) in [5.74, 6) is 1.56. The van der Waals surface area contributed by atoms with E-state index in [-0.39, 0.29) is 0 Å². The highest BCUT2D eigenvalue weighted by Gasteiger charge is 2.01. The van der Waals surface area contributed by atoms with E-state index in [0.29, 0.717) is 18.0 Å². The van der Waals surface area contributed by atoms with Gasteiger partial charge in [-0.2, -0.15) is 0 Å². The van der Waals surface area contributed by atoms with Gasteiger partial charge in [-0.1, -0.05) is 0 Å². The molecule has 5 nitrogen and oxygen atoms in total. The van der Waals surface area contributed by atoms with Crippen molar-refractivity contribution in [2.24, 2.45) is 0 Å². The van der Waals surface area contributed by atoms with Crippen molar-refractivity contribution in [3.8, 4) is 5.75 Å². The average molecular weight is 218 g/mol. The van der Waals surface area contributed by atoms with Crippen LogP contribution in [0, 0.1) is 0 Å². The monoisotopic (exact) mass is 218 g/mol. The van der Waals surface area contributed by atoms with Crippen LogP contribution >= 0.6 is 0 Å². The third-order valence-electron chi connectivity index (χ3n) is 2.25. The third kappa shape index (κ3) is 2.25. The van der Waals surface area contributed by atoms with Crippen molar-refractivity contribution >= 4 is 11.4 Å². The SMILES string of the molecule is COc1cc(NCc2ncc[nH]2)ccc1N. The lowest BCUT2D eigenvalue weighted by Crippen LogP contribution is -2.02. The molecule has 0 amide bonds. The van der Waals surface area contributed by atoms with Crippen LogP contribution in [0.1, 0.15) is 5.82 Å². The second-order valence-electron chi connectivity index (χ2n) is 3.35. The average Bonchev–Trinajstić information content (AvgIpc) is 2.81. The number of hydrogen-bond acceptors (Lipinski definition) is 4. The summed E-state index contributed by atoms with van der Waals surface area (Å²) >= 11 is 0. The molecule has 16 heavy (non-hydrogen) atoms. The Morgan fingerprint density at radius 2 is 2.38 bits per heavy atom. The van der Waals surface area contributed by atoms with E-state index in [0.717, 1.165) is 11.5 Å². The Kier molecular flexibility index (Phi) is 2.95. The smallest absolute Gasteiger partial charge is 0.143 e. The van der Waals surface area contributed by atoms with Gasteiger partial charge in [0.2, 0.25) is 0 Å². The first-order valence-corrected chi connectivity index (χ1v) is 4.95. The molecule has 0 aliphatic rings. The van der Waals surface area contributed by atoms with E-state index in [1.807, 2.05) is 18.2 Å². The highest BCUT2D eigenvalue weighted by atomic mass is 16.5. The van der Waals surface area contributed by atoms with E-state index < -0.39 is 0 Å². The van der Waals surface area contributed by atoms with Crippen molar-refractivity contribution in [1.29, 1.82) is 0 Å². The molecule has 4 N–H and O–H groups in total. The largest absolute Gasteiger partial charge is 0.495 e. The first-order chi connectivity index (χ1) is 7.79. The van der Waals surface area contributed by atoms with Gasteiger partial charge in [-0.3, -0.25) is 0 Å². The minimum absolute atomic E-state index is 0.631. The molecule has 0 saturated carbocycles. The molecule has 0 unspecified atom stereocenters. The van der Waals surface area contributed by atoms with Crippen molar-refractivity contribution in [3.63, 3.8) is 0 Å². The van der Waals surface area contributed by atoms with E-state index in [2.05, 4.69) is 15.3 Å². The molecule has 1 aromatic heterocycles. The number of nitrogens with one attached hydrogen (secondary N) is 2. The van der Waals surface area contributed by atoms with E-state index in [1.165, 1.54) is 0 Å². The summed E-state index contributed by atoms with van der Waals surface area (Å²) in [6.45, 7) is 0.639. The summed E-state index contributed by atoms with van der Waals surface area (Å²) in [5, 5.41) is 3.22. The predicted octanol–water partition coefficient (Wildman–Crippen LogP) is 1.61. The maximum absolute atomic E-state index is 5.72. The summed E-state index contributed by atoms with van der Waals surface area (Å²) in [7, 11) is 1.60. The van der Waals surface area contributed by atoms with Crippen molar-refractivity contribution in [2.75, 3.05) is 18.2 Å². The summed E-state index contributed by atoms with van der Waals surface area (Å²) < 4.78 is 5.13. The number of H-pyrrole nitrogens is 1. The molecule has 2 aromatic rings. The van der Waals surface area contributed by atoms with Gasteiger partial charge < -0.3 is 20.8 Å². The number of hydrogen-bond donors (Lipinski definition) is 3. The van der Waals surface area contributed by atoms with E-state index in [9.17, 15) is 0 Å². The topological polar surface area (TPSA) is 76.0 Å². The number of ether oxygens (including phenoxy) is 1. The number of imidazole rings is 1. The zero-order chi connectivity index (χ0) is 11.4. The molecule has 1 aromatic carbocycles. The Labute approximate surface area is 93.7 Å². The van der Waals surface area contributed by atoms with Gasteiger partial charge in [-0.05, 0) is 12.1 Å². The number of benzene rings is 1. The van der Waals surface area contributed by atoms with Gasteiger partial charge in [0, 0.05) is 24.1 Å². The second-order valence-corrected chi connectivity index (χ2v) is 3.35. The maximum Gasteiger partial charge on any atom is 0.143 e. The fourth-order valence-electron chi connectivity index (χ4n) is 1.40. The molecule has 0 fully saturated rings. The maximum atomic E-state index is 5.72. The Morgan fingerprint density at radius 1 is 1.50 bits per heavy atom. The lowest BCUT2D eigenvalue weighted by atomic mass is 10.2. The number of nitrogen functional groups attached to an aromatic ring is 1. The van der Waals surface area contributed by atoms with Crippen LogP contribution in [0.3, 0.4) is 0 Å². The molecule has 0 radical (unpaired) electrons. The van der Waals surface area contributed by atoms with Gasteiger partial charge in [0.05, 0.1) is 19.3 Å². The van der Waals surface area contributed by atoms with Crippen LogP contribution in [0.2, 0.25) is 0 Å². The first-order valence-electron chi connectivity index (χ1n) is 4.95. The van der Waals surface area contributed by atoms with Crippen LogP contribution in [-0.4, -0.2) is 17.1 Å². The van der Waals surface area contributed by atoms with Crippen LogP contribution in [0.5, 0.6) is 5.75 Å². The Hall–Kier alpha value is -2.17. The van der Waals surface area contributed by atoms with Crippen LogP contribution in [0.4, 0.5) is 11.4 Å². The van der Waals surface area contributed by atoms with Crippen molar-refractivity contribution in [3.05, 3.63) is 36.4 Å². The van der Waals surface area contributed by atoms with Gasteiger partial charge in [0.15, 0.2) is 0 Å². The summed E-state index contributed by atoms with van der Waals surface area (Å²) in [6.07, 6.45) is 3.52. The van der Waals surface area contributed by atoms with Crippen molar-refractivity contribution in [2.45, 2.75) is 6.54 Å². The third-order valence-corrected chi connectivity index (χ3v) is 2.25. The predicted molar refractivity (Wildman–Crippen MR) is 63.3 cm³/mol. The molecule has 0 saturated heterocycles. The number of anilines is 2. The lowest BCUT2D eigenvalue weighted by Gasteiger charge is -2.08. The van der Waals surface area contributed by atoms with E-state index in [4.69, 9.17) is 10.5 Å². The number of rotatable bonds is 4. The normalized spacial score (nSPS) is 10.1. The first kappa shape index (κ1) is 10.4. The van der Waals surface area contributed by atoms with Gasteiger partial charge >= 0.3 is 0 Å². The lowest BCUT2D eigenvalue weighted by molar-refractivity contribution is 0.417. The number of nitrogens with zero attached hydrogens (tertiary/aromatic N) is 1. The van der Waals surface area contributed by atoms with Gasteiger partial charge in [-0.15, -0.1) is 0 Å². The zero-order valence-corrected chi connectivity index (χ0v) is 9.03. The molecule has 2 rings (SSSR count). The highest BCUT2D eigenvalue weighted by molar-refractivity contribution is 5.61. The van der Waals surface area contributed by atoms with E-state index in [1.54, 1.807) is 19.5 Å². The molecule has 0 aliphatic heterocycles. The van der Waals surface area contributed by atoms with Gasteiger partial charge in [-0.25, -0.2) is 4.98 Å². The molecule has 0 spiro atoms. The molecule has 0 aliphatic carbocycles. The fourth-order valence-corrected chi connectivity index (χ4v) is 1.40. The van der Waals surface area contributed by atoms with Gasteiger partial charge in [0.1, 0.15) is 11.6 Å². The Balaban J connectivity index is 2.04. The van der Waals surface area contributed by atoms with Crippen LogP contribution in [0.25, 0.3) is 0 Å². The molecule has 0 atom stereocenters. The van der Waals surface area contributed by atoms with E-state index >= 15 is 0 Å². The fraction of sp³-hybridized carbons (Fsp3) is 0.182. The van der Waals surface area contributed by atoms with Gasteiger partial charge in [0.25, 0.3) is 0 Å². The van der Waals surface area contributed by atoms with Crippen LogP contribution < -0.4 is 15.8 Å². The summed E-state index contributed by atoms with van der Waals surface area (Å²) in [4.78, 5) is 7.14. The standard InChI is InChI=1S/C11H14N4O/c1-16-10-6-8(2-3-9(10)12)15-7-11-13-4-5-14-11/h2-6,15H,7,12H2,1H3,(H,13,14). The number of aromatic nitrogens is 2. The van der Waals surface area contributed by atoms with Crippen LogP contribution in [-0.2, 0) is 6.54 Å². The summed E-state index contributed by atoms with van der Waals surface area (Å²) in [6, 6.07) is 5.57. The molecule has 5 heteroatoms. The Bertz CT molecular complexity index is 453. The molecule has 0 bridgehead atoms. The quantitative estimate of drug-likeness (QED) is 0.681. The molecule has 84 valence electrons. The minimum atomic E-state index is 0.631. The molecular formula is C11H14N4O. The number of nitrogens with two attached hydrogens (primary N) is 1. The zero-order valence-electron chi connectivity index (χ0n) is 9.03. The summed E-state index contributed by atoms with van der Waals surface area (Å²) in [5.41, 5.74) is 7.30. The molecular weight excluding hydrogens is 204 g/mol. The number of aromatic amines is 1. The highest BCUT2D eigenvalue weighted by Crippen LogP contribution is 2.24. The second kappa shape index (κ2) is 4.57. The molecule has 1 heterocycles. The van der Waals surface area contributed by atoms with Crippen LogP contribution in [0.15, 0.2) is 30.6 Å².